The van der Waals surface area contributed by atoms with Gasteiger partial charge in [0.15, 0.2) is 12.6 Å². The summed E-state index contributed by atoms with van der Waals surface area (Å²) in [6.45, 7) is -0.967. The fraction of sp³-hybridized carbons (Fsp3) is 0.833. The third-order valence-electron chi connectivity index (χ3n) is 4.24. The molecule has 0 heterocycles. The van der Waals surface area contributed by atoms with Crippen LogP contribution in [0.25, 0.3) is 0 Å². The van der Waals surface area contributed by atoms with Gasteiger partial charge in [-0.05, 0) is 25.8 Å². The average molecular weight is 523 g/mol. The quantitative estimate of drug-likeness (QED) is 0.0508. The lowest BCUT2D eigenvalue weighted by atomic mass is 10.0. The van der Waals surface area contributed by atoms with E-state index >= 15 is 0 Å². The highest BCUT2D eigenvalue weighted by molar-refractivity contribution is 5.73. The number of aliphatic hydroxyl groups is 10. The molecule has 0 aliphatic rings. The normalized spacial score (nSPS) is 18.5. The summed E-state index contributed by atoms with van der Waals surface area (Å²) in [4.78, 5) is 30.1. The minimum Gasteiger partial charge on any atom is -0.480 e. The summed E-state index contributed by atoms with van der Waals surface area (Å²) >= 11 is 0. The van der Waals surface area contributed by atoms with E-state index in [9.17, 15) is 14.4 Å². The number of carbonyl (C=O) groups is 3. The van der Waals surface area contributed by atoms with Gasteiger partial charge in [-0.2, -0.15) is 5.48 Å². The summed E-state index contributed by atoms with van der Waals surface area (Å²) in [5.74, 6) is -1.04. The lowest BCUT2D eigenvalue weighted by molar-refractivity contribution is -0.142. The Morgan fingerprint density at radius 2 is 1.11 bits per heavy atom. The summed E-state index contributed by atoms with van der Waals surface area (Å²) in [5.41, 5.74) is 6.92. The van der Waals surface area contributed by atoms with Crippen molar-refractivity contribution in [1.29, 1.82) is 0 Å². The van der Waals surface area contributed by atoms with E-state index in [0.717, 1.165) is 6.42 Å². The van der Waals surface area contributed by atoms with E-state index in [1.54, 1.807) is 5.48 Å². The molecule has 17 nitrogen and oxygen atoms in total. The van der Waals surface area contributed by atoms with Crippen LogP contribution in [-0.4, -0.2) is 155 Å². The molecule has 0 aromatic heterocycles. The van der Waals surface area contributed by atoms with Crippen molar-refractivity contribution in [3.05, 3.63) is 0 Å². The first-order valence-corrected chi connectivity index (χ1v) is 10.2. The number of aliphatic carboxylic acids is 1. The predicted molar refractivity (Wildman–Crippen MR) is 114 cm³/mol. The molecule has 0 aromatic carbocycles. The topological polar surface area (TPSA) is 332 Å². The summed E-state index contributed by atoms with van der Waals surface area (Å²) in [5, 5.41) is 104. The molecule has 0 aromatic rings. The van der Waals surface area contributed by atoms with Crippen molar-refractivity contribution in [2.75, 3.05) is 19.8 Å². The average Bonchev–Trinajstić information content (AvgIpc) is 2.87. The lowest BCUT2D eigenvalue weighted by Crippen LogP contribution is -2.46. The van der Waals surface area contributed by atoms with E-state index < -0.39 is 74.1 Å². The Balaban J connectivity index is -0.000000439. The maximum Gasteiger partial charge on any atom is 0.323 e. The lowest BCUT2D eigenvalue weighted by Gasteiger charge is -2.22. The third-order valence-corrected chi connectivity index (χ3v) is 4.24. The van der Waals surface area contributed by atoms with Crippen molar-refractivity contribution in [1.82, 2.24) is 5.48 Å². The van der Waals surface area contributed by atoms with E-state index in [1.165, 1.54) is 0 Å². The van der Waals surface area contributed by atoms with Crippen LogP contribution in [0.2, 0.25) is 0 Å². The number of hydrogen-bond donors (Lipinski definition) is 14. The summed E-state index contributed by atoms with van der Waals surface area (Å²) < 4.78 is 0. The Hall–Kier alpha value is -1.71. The van der Waals surface area contributed by atoms with E-state index in [-0.39, 0.29) is 12.6 Å². The Morgan fingerprint density at radius 3 is 1.34 bits per heavy atom. The van der Waals surface area contributed by atoms with Crippen LogP contribution in [0.5, 0.6) is 0 Å². The van der Waals surface area contributed by atoms with Crippen LogP contribution >= 0.6 is 0 Å². The number of carbonyl (C=O) groups excluding carboxylic acids is 2. The smallest absolute Gasteiger partial charge is 0.323 e. The highest BCUT2D eigenvalue weighted by atomic mass is 16.5. The van der Waals surface area contributed by atoms with Crippen LogP contribution in [-0.2, 0) is 14.4 Å². The van der Waals surface area contributed by atoms with Gasteiger partial charge in [0.2, 0.25) is 0 Å². The molecule has 15 N–H and O–H groups in total. The number of unbranched alkanes of at least 4 members (excludes halogenated alkanes) is 1. The molecule has 35 heavy (non-hydrogen) atoms. The van der Waals surface area contributed by atoms with E-state index in [1.807, 2.05) is 0 Å². The van der Waals surface area contributed by atoms with Crippen LogP contribution in [0, 0.1) is 0 Å². The maximum atomic E-state index is 10.3. The standard InChI is InChI=1S/C6H14N2O3.2C6H12O6/c7-4-2-1-3-5(8-11)6(9)10;2*7-1-3(9)5(11)6(12)4(10)2-8/h5,8,11H,1-4,7H2,(H,9,10);2*1,3-6,8-12H,2H2/t;3-,4+,5+,6+;3-,4+,5+,6-/m.00/s1. The van der Waals surface area contributed by atoms with Crippen LogP contribution in [0.4, 0.5) is 0 Å². The number of nitrogens with two attached hydrogens (primary N) is 1. The summed E-state index contributed by atoms with van der Waals surface area (Å²) in [7, 11) is 0. The molecule has 0 saturated heterocycles. The van der Waals surface area contributed by atoms with Crippen molar-refractivity contribution in [3.63, 3.8) is 0 Å². The van der Waals surface area contributed by atoms with Gasteiger partial charge in [0.05, 0.1) is 13.2 Å². The first-order chi connectivity index (χ1) is 16.3. The zero-order valence-corrected chi connectivity index (χ0v) is 18.8. The Labute approximate surface area is 200 Å². The molecule has 0 bridgehead atoms. The SMILES string of the molecule is NCCCCC(NO)C(=O)O.O=C[C@H](O)[C@@H](O)[C@@H](O)[C@H](O)CO.O=C[C@H](O)[C@@H](O)[C@H](O)[C@H](O)CO. The number of rotatable bonds is 16. The first kappa shape index (κ1) is 37.8. The molecule has 0 aliphatic heterocycles. The zero-order chi connectivity index (χ0) is 28.1. The van der Waals surface area contributed by atoms with Crippen LogP contribution in [0.3, 0.4) is 0 Å². The van der Waals surface area contributed by atoms with Crippen molar-refractivity contribution in [3.8, 4) is 0 Å². The second kappa shape index (κ2) is 22.7. The Kier molecular flexibility index (Phi) is 24.6. The fourth-order valence-electron chi connectivity index (χ4n) is 1.97. The fourth-order valence-corrected chi connectivity index (χ4v) is 1.97. The van der Waals surface area contributed by atoms with E-state index in [2.05, 4.69) is 0 Å². The molecule has 0 saturated carbocycles. The zero-order valence-electron chi connectivity index (χ0n) is 18.8. The predicted octanol–water partition coefficient (Wildman–Crippen LogP) is -7.21. The molecular formula is C18H38N2O15. The van der Waals surface area contributed by atoms with Gasteiger partial charge < -0.3 is 76.7 Å². The molecule has 0 radical (unpaired) electrons. The van der Waals surface area contributed by atoms with Crippen molar-refractivity contribution < 1.29 is 75.8 Å². The van der Waals surface area contributed by atoms with Gasteiger partial charge >= 0.3 is 5.97 Å². The summed E-state index contributed by atoms with van der Waals surface area (Å²) in [6.07, 6.45) is -11.8. The van der Waals surface area contributed by atoms with Gasteiger partial charge in [-0.25, -0.2) is 0 Å². The van der Waals surface area contributed by atoms with Crippen LogP contribution in [0.15, 0.2) is 0 Å². The Morgan fingerprint density at radius 1 is 0.743 bits per heavy atom. The molecule has 0 aliphatic carbocycles. The van der Waals surface area contributed by atoms with Crippen molar-refractivity contribution in [2.45, 2.75) is 74.1 Å². The van der Waals surface area contributed by atoms with Gasteiger partial charge in [-0.3, -0.25) is 4.79 Å². The van der Waals surface area contributed by atoms with Gasteiger partial charge in [-0.1, -0.05) is 0 Å². The van der Waals surface area contributed by atoms with Crippen LogP contribution < -0.4 is 11.2 Å². The number of carboxylic acids is 1. The second-order valence-electron chi connectivity index (χ2n) is 7.02. The molecule has 0 rings (SSSR count). The number of hydroxylamine groups is 1. The molecule has 0 spiro atoms. The first-order valence-electron chi connectivity index (χ1n) is 10.2. The van der Waals surface area contributed by atoms with Crippen molar-refractivity contribution in [2.24, 2.45) is 5.73 Å². The number of aliphatic hydroxyl groups excluding tert-OH is 10. The second-order valence-corrected chi connectivity index (χ2v) is 7.02. The van der Waals surface area contributed by atoms with Gasteiger partial charge in [0.1, 0.15) is 54.9 Å². The van der Waals surface area contributed by atoms with E-state index in [0.29, 0.717) is 19.4 Å². The highest BCUT2D eigenvalue weighted by Crippen LogP contribution is 2.04. The molecule has 0 amide bonds. The maximum absolute atomic E-state index is 10.3. The molecule has 1 unspecified atom stereocenters. The van der Waals surface area contributed by atoms with E-state index in [4.69, 9.17) is 67.1 Å². The molecule has 9 atom stereocenters. The molecule has 210 valence electrons. The highest BCUT2D eigenvalue weighted by Gasteiger charge is 2.30. The number of carboxylic acid groups (broad SMARTS) is 1. The summed E-state index contributed by atoms with van der Waals surface area (Å²) in [6, 6.07) is -0.860. The largest absolute Gasteiger partial charge is 0.480 e. The van der Waals surface area contributed by atoms with Gasteiger partial charge in [0, 0.05) is 0 Å². The number of aldehydes is 2. The van der Waals surface area contributed by atoms with Crippen molar-refractivity contribution >= 4 is 18.5 Å². The Bertz CT molecular complexity index is 512. The van der Waals surface area contributed by atoms with Crippen LogP contribution in [0.1, 0.15) is 19.3 Å². The minimum absolute atomic E-state index is 0.0258. The monoisotopic (exact) mass is 522 g/mol. The van der Waals surface area contributed by atoms with Gasteiger partial charge in [0.25, 0.3) is 0 Å². The third kappa shape index (κ3) is 17.4. The number of hydrogen-bond acceptors (Lipinski definition) is 16. The molecule has 0 fully saturated rings. The minimum atomic E-state index is -1.79. The molecule has 17 heteroatoms. The van der Waals surface area contributed by atoms with Gasteiger partial charge in [-0.15, -0.1) is 0 Å². The molecular weight excluding hydrogens is 484 g/mol. The number of nitrogens with one attached hydrogen (secondary N) is 1.